The number of anilines is 1. The number of hydrogen-bond acceptors (Lipinski definition) is 3. The molecule has 24 heavy (non-hydrogen) atoms. The molecule has 1 atom stereocenters. The molecule has 1 aromatic carbocycles. The maximum atomic E-state index is 11.6. The summed E-state index contributed by atoms with van der Waals surface area (Å²) in [6.07, 6.45) is 2.92. The van der Waals surface area contributed by atoms with E-state index in [0.29, 0.717) is 6.04 Å². The SMILES string of the molecule is C.CC(=O)Nc1cc(C)c(Br)cc1-c1ccnn1[C@H]1CCN(C)C1. The normalized spacial score (nSPS) is 17.6. The van der Waals surface area contributed by atoms with Gasteiger partial charge in [-0.3, -0.25) is 9.48 Å². The number of nitrogens with zero attached hydrogens (tertiary/aromatic N) is 3. The molecule has 0 saturated carbocycles. The minimum Gasteiger partial charge on any atom is -0.326 e. The number of carbonyl (C=O) groups is 1. The Balaban J connectivity index is 0.00000208. The van der Waals surface area contributed by atoms with Crippen LogP contribution in [-0.2, 0) is 4.79 Å². The van der Waals surface area contributed by atoms with E-state index in [4.69, 9.17) is 0 Å². The lowest BCUT2D eigenvalue weighted by Crippen LogP contribution is -2.18. The molecule has 0 unspecified atom stereocenters. The summed E-state index contributed by atoms with van der Waals surface area (Å²) >= 11 is 3.60. The molecule has 1 saturated heterocycles. The number of likely N-dealkylation sites (N-methyl/N-ethyl adjacent to an activating group) is 1. The second kappa shape index (κ2) is 7.49. The molecule has 0 spiro atoms. The highest BCUT2D eigenvalue weighted by Crippen LogP contribution is 2.35. The first kappa shape index (κ1) is 18.7. The molecule has 1 aromatic heterocycles. The predicted octanol–water partition coefficient (Wildman–Crippen LogP) is 4.09. The van der Waals surface area contributed by atoms with Crippen LogP contribution in [0.3, 0.4) is 0 Å². The third-order valence-electron chi connectivity index (χ3n) is 4.27. The monoisotopic (exact) mass is 392 g/mol. The second-order valence-electron chi connectivity index (χ2n) is 6.19. The quantitative estimate of drug-likeness (QED) is 0.855. The average Bonchev–Trinajstić information content (AvgIpc) is 3.10. The van der Waals surface area contributed by atoms with Gasteiger partial charge in [0, 0.05) is 29.7 Å². The van der Waals surface area contributed by atoms with Gasteiger partial charge in [0.25, 0.3) is 0 Å². The van der Waals surface area contributed by atoms with E-state index >= 15 is 0 Å². The van der Waals surface area contributed by atoms with Gasteiger partial charge in [-0.2, -0.15) is 5.10 Å². The van der Waals surface area contributed by atoms with E-state index in [1.807, 2.05) is 25.3 Å². The number of rotatable bonds is 3. The Morgan fingerprint density at radius 3 is 2.79 bits per heavy atom. The van der Waals surface area contributed by atoms with E-state index in [-0.39, 0.29) is 13.3 Å². The van der Waals surface area contributed by atoms with E-state index in [9.17, 15) is 4.79 Å². The molecule has 1 aliphatic heterocycles. The number of nitrogens with one attached hydrogen (secondary N) is 1. The molecule has 1 aliphatic rings. The molecule has 2 aromatic rings. The predicted molar refractivity (Wildman–Crippen MR) is 102 cm³/mol. The Kier molecular flexibility index (Phi) is 5.83. The molecular weight excluding hydrogens is 368 g/mol. The van der Waals surface area contributed by atoms with Crippen molar-refractivity contribution in [3.8, 4) is 11.3 Å². The minimum atomic E-state index is -0.0698. The number of aromatic nitrogens is 2. The van der Waals surface area contributed by atoms with Crippen molar-refractivity contribution in [1.82, 2.24) is 14.7 Å². The summed E-state index contributed by atoms with van der Waals surface area (Å²) in [6.45, 7) is 5.63. The van der Waals surface area contributed by atoms with Gasteiger partial charge < -0.3 is 10.2 Å². The van der Waals surface area contributed by atoms with E-state index in [1.165, 1.54) is 6.92 Å². The van der Waals surface area contributed by atoms with Crippen LogP contribution in [0.4, 0.5) is 5.69 Å². The zero-order valence-corrected chi connectivity index (χ0v) is 15.2. The van der Waals surface area contributed by atoms with Crippen molar-refractivity contribution < 1.29 is 4.79 Å². The number of hydrogen-bond donors (Lipinski definition) is 1. The maximum Gasteiger partial charge on any atom is 0.221 e. The smallest absolute Gasteiger partial charge is 0.221 e. The minimum absolute atomic E-state index is 0. The Hall–Kier alpha value is -1.66. The van der Waals surface area contributed by atoms with Crippen LogP contribution in [0, 0.1) is 6.92 Å². The molecule has 130 valence electrons. The first-order valence-corrected chi connectivity index (χ1v) is 8.55. The molecule has 0 radical (unpaired) electrons. The Morgan fingerprint density at radius 1 is 1.42 bits per heavy atom. The first-order chi connectivity index (χ1) is 11.0. The van der Waals surface area contributed by atoms with Crippen LogP contribution in [0.25, 0.3) is 11.3 Å². The maximum absolute atomic E-state index is 11.6. The molecular formula is C18H25BrN4O. The van der Waals surface area contributed by atoms with E-state index in [2.05, 4.69) is 49.0 Å². The van der Waals surface area contributed by atoms with Crippen LogP contribution < -0.4 is 5.32 Å². The molecule has 1 fully saturated rings. The van der Waals surface area contributed by atoms with Crippen LogP contribution >= 0.6 is 15.9 Å². The second-order valence-corrected chi connectivity index (χ2v) is 7.05. The zero-order chi connectivity index (χ0) is 16.6. The van der Waals surface area contributed by atoms with Gasteiger partial charge in [0.05, 0.1) is 17.4 Å². The van der Waals surface area contributed by atoms with Gasteiger partial charge in [0.2, 0.25) is 5.91 Å². The van der Waals surface area contributed by atoms with Crippen molar-refractivity contribution in [2.45, 2.75) is 33.7 Å². The lowest BCUT2D eigenvalue weighted by atomic mass is 10.1. The van der Waals surface area contributed by atoms with Crippen molar-refractivity contribution in [2.24, 2.45) is 0 Å². The average molecular weight is 393 g/mol. The summed E-state index contributed by atoms with van der Waals surface area (Å²) < 4.78 is 3.12. The molecule has 0 bridgehead atoms. The Labute approximate surface area is 152 Å². The molecule has 6 heteroatoms. The highest BCUT2D eigenvalue weighted by molar-refractivity contribution is 9.10. The summed E-state index contributed by atoms with van der Waals surface area (Å²) in [5.74, 6) is -0.0698. The lowest BCUT2D eigenvalue weighted by Gasteiger charge is -2.18. The summed E-state index contributed by atoms with van der Waals surface area (Å²) in [5, 5.41) is 7.49. The molecule has 1 amide bonds. The van der Waals surface area contributed by atoms with Crippen LogP contribution in [0.2, 0.25) is 0 Å². The fourth-order valence-electron chi connectivity index (χ4n) is 3.12. The summed E-state index contributed by atoms with van der Waals surface area (Å²) in [7, 11) is 2.13. The van der Waals surface area contributed by atoms with Crippen molar-refractivity contribution >= 4 is 27.5 Å². The topological polar surface area (TPSA) is 50.2 Å². The lowest BCUT2D eigenvalue weighted by molar-refractivity contribution is -0.114. The highest BCUT2D eigenvalue weighted by Gasteiger charge is 2.24. The first-order valence-electron chi connectivity index (χ1n) is 7.76. The van der Waals surface area contributed by atoms with E-state index in [0.717, 1.165) is 46.5 Å². The van der Waals surface area contributed by atoms with Crippen molar-refractivity contribution in [3.63, 3.8) is 0 Å². The Bertz CT molecular complexity index is 741. The number of carbonyl (C=O) groups excluding carboxylic acids is 1. The fraction of sp³-hybridized carbons (Fsp3) is 0.444. The summed E-state index contributed by atoms with van der Waals surface area (Å²) in [4.78, 5) is 13.9. The van der Waals surface area contributed by atoms with Crippen molar-refractivity contribution in [1.29, 1.82) is 0 Å². The number of benzene rings is 1. The number of halogens is 1. The zero-order valence-electron chi connectivity index (χ0n) is 13.6. The number of aryl methyl sites for hydroxylation is 1. The molecule has 5 nitrogen and oxygen atoms in total. The van der Waals surface area contributed by atoms with Crippen LogP contribution in [-0.4, -0.2) is 40.7 Å². The van der Waals surface area contributed by atoms with Gasteiger partial charge in [-0.15, -0.1) is 0 Å². The van der Waals surface area contributed by atoms with E-state index in [1.54, 1.807) is 0 Å². The fourth-order valence-corrected chi connectivity index (χ4v) is 3.46. The van der Waals surface area contributed by atoms with Gasteiger partial charge in [0.1, 0.15) is 0 Å². The Morgan fingerprint density at radius 2 is 2.17 bits per heavy atom. The van der Waals surface area contributed by atoms with Gasteiger partial charge in [0.15, 0.2) is 0 Å². The number of amides is 1. The van der Waals surface area contributed by atoms with Gasteiger partial charge in [-0.05, 0) is 50.7 Å². The third kappa shape index (κ3) is 3.70. The third-order valence-corrected chi connectivity index (χ3v) is 5.12. The van der Waals surface area contributed by atoms with Gasteiger partial charge in [-0.25, -0.2) is 0 Å². The van der Waals surface area contributed by atoms with E-state index < -0.39 is 0 Å². The van der Waals surface area contributed by atoms with Crippen LogP contribution in [0.1, 0.15) is 32.4 Å². The largest absolute Gasteiger partial charge is 0.326 e. The summed E-state index contributed by atoms with van der Waals surface area (Å²) in [5.41, 5.74) is 3.94. The standard InChI is InChI=1S/C17H21BrN4O.CH4/c1-11-8-16(20-12(2)23)14(9-15(11)18)17-4-6-19-22(17)13-5-7-21(3)10-13;/h4,6,8-9,13H,5,7,10H2,1-3H3,(H,20,23);1H4/t13-;/m0./s1. The van der Waals surface area contributed by atoms with Crippen molar-refractivity contribution in [2.75, 3.05) is 25.5 Å². The van der Waals surface area contributed by atoms with Crippen molar-refractivity contribution in [3.05, 3.63) is 34.4 Å². The highest BCUT2D eigenvalue weighted by atomic mass is 79.9. The molecule has 1 N–H and O–H groups in total. The summed E-state index contributed by atoms with van der Waals surface area (Å²) in [6, 6.07) is 6.45. The van der Waals surface area contributed by atoms with Crippen LogP contribution in [0.5, 0.6) is 0 Å². The molecule has 2 heterocycles. The molecule has 3 rings (SSSR count). The molecule has 0 aliphatic carbocycles. The number of likely N-dealkylation sites (tertiary alicyclic amines) is 1. The van der Waals surface area contributed by atoms with Gasteiger partial charge >= 0.3 is 0 Å². The van der Waals surface area contributed by atoms with Gasteiger partial charge in [-0.1, -0.05) is 23.4 Å². The van der Waals surface area contributed by atoms with Crippen LogP contribution in [0.15, 0.2) is 28.9 Å².